The summed E-state index contributed by atoms with van der Waals surface area (Å²) in [5, 5.41) is 55.3. The number of nitrogens with one attached hydrogen (secondary N) is 5. The Labute approximate surface area is 744 Å². The summed E-state index contributed by atoms with van der Waals surface area (Å²) in [6, 6.07) is 42.8. The summed E-state index contributed by atoms with van der Waals surface area (Å²) in [7, 11) is -0.959. The number of phenolic OH excluding ortho intramolecular Hbond substituents is 2. The van der Waals surface area contributed by atoms with Crippen LogP contribution in [-0.4, -0.2) is 181 Å². The molecular weight excluding hydrogens is 1690 g/mol. The van der Waals surface area contributed by atoms with Gasteiger partial charge in [0.2, 0.25) is 11.8 Å². The highest BCUT2D eigenvalue weighted by atomic mass is 35.5. The molecule has 8 aromatic carbocycles. The number of anilines is 6. The zero-order chi connectivity index (χ0) is 91.9. The van der Waals surface area contributed by atoms with E-state index >= 15 is 0 Å². The van der Waals surface area contributed by atoms with Gasteiger partial charge in [-0.25, -0.2) is 8.42 Å². The number of aromatic hydroxyl groups is 2. The molecule has 30 nitrogen and oxygen atoms in total. The minimum Gasteiger partial charge on any atom is -0.506 e. The molecule has 0 aromatic heterocycles. The first kappa shape index (κ1) is 104. The van der Waals surface area contributed by atoms with Gasteiger partial charge in [0.25, 0.3) is 15.9 Å². The maximum atomic E-state index is 13.3. The van der Waals surface area contributed by atoms with Crippen molar-refractivity contribution in [3.63, 3.8) is 0 Å². The summed E-state index contributed by atoms with van der Waals surface area (Å²) < 4.78 is 63.5. The minimum atomic E-state index is -3.77. The first-order chi connectivity index (χ1) is 58.7. The van der Waals surface area contributed by atoms with Crippen molar-refractivity contribution in [3.8, 4) is 17.2 Å². The molecule has 2 heterocycles. The van der Waals surface area contributed by atoms with E-state index in [9.17, 15) is 48.0 Å². The number of benzene rings is 8. The number of Topliss-reactive ketones (excluding diaryl/α,β-unsaturated/α-hetero) is 1. The topological polar surface area (TPSA) is 544 Å². The third kappa shape index (κ3) is 31.3. The van der Waals surface area contributed by atoms with Gasteiger partial charge in [0.05, 0.1) is 63.4 Å². The highest BCUT2D eigenvalue weighted by Crippen LogP contribution is 2.40. The van der Waals surface area contributed by atoms with Crippen LogP contribution in [0, 0.1) is 18.8 Å². The number of fused-ring (bicyclic) bond motifs is 3. The SMILES string of the molecule is C=S(O)CCCN.CCC(C)C(C)C(=O)NC(Cc1ccccc1)C(N)=O.CCOc1ccc(N)cc1.CNC(C)C1CC[C@@H](N)[C@@H](OC2C(=O)[C@@H](OC3OC[C@](C)(O)[C@H](NC)[C@H]3O)C(N)CC2N)O1.Cc1c(Cl)cc(NC(=O)c2cccc(N)c2)c(O)c1Cl.Nc1cc(O)c(NS(=O)(=O)c2ccccc2)cc1Cl.Nc1ccc2c3c(ccc2c1)CCCC3. The van der Waals surface area contributed by atoms with Gasteiger partial charge in [0.1, 0.15) is 41.5 Å². The lowest BCUT2D eigenvalue weighted by molar-refractivity contribution is -0.283. The molecule has 12 rings (SSSR count). The van der Waals surface area contributed by atoms with E-state index in [0.29, 0.717) is 47.8 Å². The number of ether oxygens (including phenoxy) is 5. The molecule has 8 aromatic rings. The fourth-order valence-electron chi connectivity index (χ4n) is 13.6. The van der Waals surface area contributed by atoms with Gasteiger partial charge in [-0.3, -0.25) is 23.9 Å². The lowest BCUT2D eigenvalue weighted by atomic mass is 9.85. The largest absolute Gasteiger partial charge is 0.506 e. The minimum absolute atomic E-state index is 0.0250. The van der Waals surface area contributed by atoms with Crippen LogP contribution in [0.25, 0.3) is 10.8 Å². The number of ketones is 1. The van der Waals surface area contributed by atoms with Gasteiger partial charge in [-0.2, -0.15) is 0 Å². The zero-order valence-corrected chi connectivity index (χ0v) is 75.5. The van der Waals surface area contributed by atoms with Gasteiger partial charge in [-0.1, -0.05) is 151 Å². The second-order valence-corrected chi connectivity index (χ2v) is 35.1. The molecule has 4 aliphatic rings. The average molecular weight is 1820 g/mol. The van der Waals surface area contributed by atoms with Crippen molar-refractivity contribution in [1.29, 1.82) is 0 Å². The number of carbonyl (C=O) groups excluding carboxylic acids is 4. The van der Waals surface area contributed by atoms with Gasteiger partial charge in [-0.15, -0.1) is 0 Å². The molecule has 0 spiro atoms. The lowest BCUT2D eigenvalue weighted by Gasteiger charge is -2.46. The molecule has 2 aliphatic heterocycles. The lowest BCUT2D eigenvalue weighted by Crippen LogP contribution is -2.68. The molecule has 3 fully saturated rings. The quantitative estimate of drug-likeness (QED) is 0.0152. The fourth-order valence-corrected chi connectivity index (χ4v) is 15.8. The molecule has 35 heteroatoms. The number of nitrogen functional groups attached to an aromatic ring is 4. The van der Waals surface area contributed by atoms with Gasteiger partial charge >= 0.3 is 0 Å². The van der Waals surface area contributed by atoms with E-state index in [1.54, 1.807) is 68.4 Å². The summed E-state index contributed by atoms with van der Waals surface area (Å²) in [5.74, 6) is 3.19. The van der Waals surface area contributed by atoms with E-state index in [2.05, 4.69) is 56.1 Å². The van der Waals surface area contributed by atoms with Crippen LogP contribution >= 0.6 is 45.6 Å². The highest BCUT2D eigenvalue weighted by molar-refractivity contribution is 8.09. The van der Waals surface area contributed by atoms with Crippen molar-refractivity contribution < 1.29 is 76.3 Å². The van der Waals surface area contributed by atoms with Crippen LogP contribution in [0.5, 0.6) is 17.2 Å². The van der Waals surface area contributed by atoms with Gasteiger partial charge < -0.3 is 122 Å². The second kappa shape index (κ2) is 50.4. The van der Waals surface area contributed by atoms with Crippen LogP contribution in [-0.2, 0) is 62.6 Å². The van der Waals surface area contributed by atoms with Crippen LogP contribution in [0.4, 0.5) is 34.1 Å². The number of aliphatic hydroxyl groups excluding tert-OH is 1. The number of primary amides is 1. The third-order valence-corrected chi connectivity index (χ3v) is 24.6. The second-order valence-electron chi connectivity index (χ2n) is 30.8. The summed E-state index contributed by atoms with van der Waals surface area (Å²) in [5.41, 5.74) is 57.6. The van der Waals surface area contributed by atoms with E-state index in [1.165, 1.54) is 72.9 Å². The predicted octanol–water partition coefficient (Wildman–Crippen LogP) is 10.5. The molecule has 1 saturated carbocycles. The van der Waals surface area contributed by atoms with E-state index in [0.717, 1.165) is 47.7 Å². The molecule has 28 N–H and O–H groups in total. The van der Waals surface area contributed by atoms with Gasteiger partial charge in [0, 0.05) is 69.9 Å². The van der Waals surface area contributed by atoms with E-state index in [1.807, 2.05) is 102 Å². The Bertz CT molecular complexity index is 4890. The van der Waals surface area contributed by atoms with Gasteiger partial charge in [-0.05, 0) is 218 Å². The number of phenols is 2. The number of rotatable bonds is 24. The molecule has 0 radical (unpaired) electrons. The fraction of sp³-hybridized carbons (Fsp3) is 0.427. The standard InChI is InChI=1S/C21H41N5O7.C16H24N2O2.C14H12Cl2N2O2.C14H15N.C12H11ClN2O3S.C8H11NO.C4H11NOS/c1-9(25-3)13-6-5-10(22)19(31-13)32-16-11(23)7-12(24)17(14(16)27)33-20-15(28)18(26-4)21(2,29)8-30-20;1-4-11(2)12(3)16(20)18-14(15(17)19)10-13-8-6-5-7-9-13;1-7-10(15)6-11(13(19)12(7)16)18-14(20)8-3-2-4-9(17)5-8;15-12-7-8-14-11(9-12)6-5-10-3-1-2-4-13(10)14;13-9-6-11(12(16)7-10(9)14)15-19(17,18)8-4-2-1-3-5-8;1-2-10-8-5-3-7(9)4-6-8;1-7(6)4-2-3-5/h9-13,15-20,25-26,28-29H,5-8,22-24H2,1-4H3;5-9,11-12,14H,4,10H2,1-3H3,(H2,17,19)(H,18,20);2-6,19H,17H2,1H3,(H,18,20);5-9H,1-4,15H2;1-7,15-16H,14H2;3-6H,2,9H2,1H3;6H,1-5H2/t9?,10-,11?,12?,13?,15-,16?,17+,18-,19-,20?,21+;;;;;;/m1....../s1. The predicted molar refractivity (Wildman–Crippen MR) is 498 cm³/mol. The van der Waals surface area contributed by atoms with Gasteiger partial charge in [0.15, 0.2) is 24.1 Å². The number of aryl methyl sites for hydroxylation is 2. The van der Waals surface area contributed by atoms with Crippen molar-refractivity contribution in [1.82, 2.24) is 16.0 Å². The van der Waals surface area contributed by atoms with Crippen LogP contribution in [0.15, 0.2) is 163 Å². The van der Waals surface area contributed by atoms with Crippen LogP contribution in [0.2, 0.25) is 15.1 Å². The van der Waals surface area contributed by atoms with Crippen molar-refractivity contribution in [2.24, 2.45) is 40.5 Å². The summed E-state index contributed by atoms with van der Waals surface area (Å²) in [6.45, 7) is 14.4. The molecular formula is C89H125Cl3N14O16S2. The van der Waals surface area contributed by atoms with E-state index in [4.69, 9.17) is 115 Å². The van der Waals surface area contributed by atoms with Crippen molar-refractivity contribution in [2.75, 3.05) is 72.6 Å². The first-order valence-corrected chi connectivity index (χ1v) is 45.0. The Morgan fingerprint density at radius 2 is 1.36 bits per heavy atom. The maximum Gasteiger partial charge on any atom is 0.262 e. The molecule has 680 valence electrons. The number of hydrogen-bond acceptors (Lipinski definition) is 26. The number of aliphatic hydroxyl groups is 2. The zero-order valence-electron chi connectivity index (χ0n) is 71.6. The van der Waals surface area contributed by atoms with Crippen LogP contribution in [0.1, 0.15) is 119 Å². The van der Waals surface area contributed by atoms with Crippen molar-refractivity contribution in [3.05, 3.63) is 201 Å². The number of sulfonamides is 1. The number of hydrogen-bond donors (Lipinski definition) is 19. The Balaban J connectivity index is 0.000000233. The number of halogens is 3. The summed E-state index contributed by atoms with van der Waals surface area (Å²) >= 11 is 17.7. The monoisotopic (exact) mass is 1810 g/mol. The third-order valence-electron chi connectivity index (χ3n) is 21.3. The smallest absolute Gasteiger partial charge is 0.262 e. The number of amides is 3. The maximum absolute atomic E-state index is 13.3. The number of likely N-dealkylation sites (N-methyl/N-ethyl adjacent to an activating group) is 2. The van der Waals surface area contributed by atoms with Crippen molar-refractivity contribution >= 4 is 130 Å². The summed E-state index contributed by atoms with van der Waals surface area (Å²) in [4.78, 5) is 49.1. The van der Waals surface area contributed by atoms with Crippen LogP contribution < -0.4 is 82.3 Å². The molecule has 0 bridgehead atoms. The van der Waals surface area contributed by atoms with E-state index < -0.39 is 105 Å². The Kier molecular flexibility index (Phi) is 42.2. The summed E-state index contributed by atoms with van der Waals surface area (Å²) in [6.07, 6.45) is 3.66. The normalized spacial score (nSPS) is 22.0. The highest BCUT2D eigenvalue weighted by Gasteiger charge is 2.51. The van der Waals surface area contributed by atoms with E-state index in [-0.39, 0.29) is 86.4 Å². The molecule has 124 heavy (non-hydrogen) atoms. The Hall–Kier alpha value is -8.98. The molecule has 10 unspecified atom stereocenters. The molecule has 2 aliphatic carbocycles. The van der Waals surface area contributed by atoms with Crippen LogP contribution in [0.3, 0.4) is 0 Å². The average Bonchev–Trinajstić information content (AvgIpc) is 0.789. The first-order valence-electron chi connectivity index (χ1n) is 40.8. The Morgan fingerprint density at radius 1 is 0.750 bits per heavy atom. The number of carbonyl (C=O) groups is 4. The number of nitrogens with two attached hydrogens (primary N) is 9. The Morgan fingerprint density at radius 3 is 1.95 bits per heavy atom. The molecule has 16 atom stereocenters. The molecule has 2 saturated heterocycles. The molecule has 3 amide bonds. The van der Waals surface area contributed by atoms with Crippen molar-refractivity contribution in [2.45, 2.75) is 196 Å².